The number of phenolic OH excluding ortho intramolecular Hbond substituents is 1. The molecule has 0 aliphatic carbocycles. The van der Waals surface area contributed by atoms with E-state index in [0.29, 0.717) is 4.90 Å². The van der Waals surface area contributed by atoms with E-state index in [1.807, 2.05) is 26.8 Å². The van der Waals surface area contributed by atoms with Crippen molar-refractivity contribution in [2.75, 3.05) is 11.1 Å². The van der Waals surface area contributed by atoms with E-state index in [2.05, 4.69) is 17.4 Å². The highest BCUT2D eigenvalue weighted by Crippen LogP contribution is 2.28. The minimum absolute atomic E-state index is 0.0710. The van der Waals surface area contributed by atoms with Gasteiger partial charge in [0.15, 0.2) is 0 Å². The quantitative estimate of drug-likeness (QED) is 0.838. The maximum Gasteiger partial charge on any atom is 0.234 e. The number of anilines is 1. The van der Waals surface area contributed by atoms with Crippen LogP contribution in [0.1, 0.15) is 16.7 Å². The van der Waals surface area contributed by atoms with Crippen molar-refractivity contribution in [3.05, 3.63) is 53.1 Å². The van der Waals surface area contributed by atoms with Gasteiger partial charge in [0.25, 0.3) is 0 Å². The van der Waals surface area contributed by atoms with Crippen molar-refractivity contribution >= 4 is 23.4 Å². The Hall–Kier alpha value is -1.94. The number of aryl methyl sites for hydroxylation is 3. The Balaban J connectivity index is 2.01. The number of para-hydroxylation sites is 1. The van der Waals surface area contributed by atoms with Crippen LogP contribution in [-0.2, 0) is 4.79 Å². The van der Waals surface area contributed by atoms with Crippen LogP contribution in [0.15, 0.2) is 41.3 Å². The van der Waals surface area contributed by atoms with Gasteiger partial charge in [-0.3, -0.25) is 4.79 Å². The number of aromatic hydroxyl groups is 1. The lowest BCUT2D eigenvalue weighted by Gasteiger charge is -2.13. The van der Waals surface area contributed by atoms with E-state index >= 15 is 0 Å². The number of rotatable bonds is 4. The van der Waals surface area contributed by atoms with Gasteiger partial charge >= 0.3 is 0 Å². The zero-order chi connectivity index (χ0) is 15.4. The van der Waals surface area contributed by atoms with Crippen molar-refractivity contribution in [3.63, 3.8) is 0 Å². The van der Waals surface area contributed by atoms with Crippen molar-refractivity contribution < 1.29 is 9.90 Å². The predicted octanol–water partition coefficient (Wildman–Crippen LogP) is 4.05. The summed E-state index contributed by atoms with van der Waals surface area (Å²) in [6.45, 7) is 6.02. The lowest BCUT2D eigenvalue weighted by molar-refractivity contribution is -0.113. The van der Waals surface area contributed by atoms with Crippen molar-refractivity contribution in [1.29, 1.82) is 0 Å². The third-order valence-electron chi connectivity index (χ3n) is 3.17. The Morgan fingerprint density at radius 2 is 1.76 bits per heavy atom. The van der Waals surface area contributed by atoms with Crippen LogP contribution >= 0.6 is 11.8 Å². The van der Waals surface area contributed by atoms with Gasteiger partial charge in [0.05, 0.1) is 5.75 Å². The van der Waals surface area contributed by atoms with E-state index < -0.39 is 0 Å². The fourth-order valence-corrected chi connectivity index (χ4v) is 3.02. The largest absolute Gasteiger partial charge is 0.507 e. The number of phenols is 1. The highest BCUT2D eigenvalue weighted by Gasteiger charge is 2.10. The van der Waals surface area contributed by atoms with E-state index in [-0.39, 0.29) is 17.4 Å². The van der Waals surface area contributed by atoms with Gasteiger partial charge in [-0.2, -0.15) is 0 Å². The second-order valence-electron chi connectivity index (χ2n) is 5.08. The number of hydrogen-bond acceptors (Lipinski definition) is 3. The van der Waals surface area contributed by atoms with E-state index in [4.69, 9.17) is 0 Å². The standard InChI is InChI=1S/C17H19NO2S/c1-11-8-12(2)17(13(3)9-11)18-16(20)10-21-15-7-5-4-6-14(15)19/h4-9,19H,10H2,1-3H3,(H,18,20). The normalized spacial score (nSPS) is 10.4. The molecule has 21 heavy (non-hydrogen) atoms. The molecule has 3 nitrogen and oxygen atoms in total. The molecule has 0 heterocycles. The Morgan fingerprint density at radius 3 is 2.38 bits per heavy atom. The van der Waals surface area contributed by atoms with Gasteiger partial charge in [0.2, 0.25) is 5.91 Å². The van der Waals surface area contributed by atoms with Crippen LogP contribution in [0.3, 0.4) is 0 Å². The molecule has 0 aliphatic rings. The molecular formula is C17H19NO2S. The maximum absolute atomic E-state index is 12.1. The van der Waals surface area contributed by atoms with Crippen LogP contribution in [0.5, 0.6) is 5.75 Å². The molecule has 0 saturated heterocycles. The summed E-state index contributed by atoms with van der Waals surface area (Å²) in [5.41, 5.74) is 4.19. The molecule has 2 rings (SSSR count). The SMILES string of the molecule is Cc1cc(C)c(NC(=O)CSc2ccccc2O)c(C)c1. The molecule has 0 bridgehead atoms. The summed E-state index contributed by atoms with van der Waals surface area (Å²) in [6, 6.07) is 11.1. The smallest absolute Gasteiger partial charge is 0.234 e. The van der Waals surface area contributed by atoms with Gasteiger partial charge in [-0.25, -0.2) is 0 Å². The molecule has 0 aliphatic heterocycles. The molecule has 0 spiro atoms. The van der Waals surface area contributed by atoms with Gasteiger partial charge in [-0.15, -0.1) is 11.8 Å². The molecule has 0 aromatic heterocycles. The monoisotopic (exact) mass is 301 g/mol. The van der Waals surface area contributed by atoms with Crippen LogP contribution in [-0.4, -0.2) is 16.8 Å². The zero-order valence-corrected chi connectivity index (χ0v) is 13.3. The van der Waals surface area contributed by atoms with Gasteiger partial charge in [0, 0.05) is 10.6 Å². The van der Waals surface area contributed by atoms with Crippen LogP contribution in [0.4, 0.5) is 5.69 Å². The average Bonchev–Trinajstić information content (AvgIpc) is 2.42. The third-order valence-corrected chi connectivity index (χ3v) is 4.23. The molecule has 0 atom stereocenters. The third kappa shape index (κ3) is 4.02. The van der Waals surface area contributed by atoms with Crippen molar-refractivity contribution in [3.8, 4) is 5.75 Å². The fourth-order valence-electron chi connectivity index (χ4n) is 2.28. The van der Waals surface area contributed by atoms with E-state index in [0.717, 1.165) is 16.8 Å². The first-order chi connectivity index (χ1) is 9.97. The van der Waals surface area contributed by atoms with Crippen LogP contribution in [0.25, 0.3) is 0 Å². The van der Waals surface area contributed by atoms with Crippen molar-refractivity contribution in [1.82, 2.24) is 0 Å². The van der Waals surface area contributed by atoms with Gasteiger partial charge in [-0.05, 0) is 44.0 Å². The molecule has 2 N–H and O–H groups in total. The highest BCUT2D eigenvalue weighted by molar-refractivity contribution is 8.00. The Morgan fingerprint density at radius 1 is 1.14 bits per heavy atom. The highest BCUT2D eigenvalue weighted by atomic mass is 32.2. The molecular weight excluding hydrogens is 282 g/mol. The number of thioether (sulfide) groups is 1. The summed E-state index contributed by atoms with van der Waals surface area (Å²) in [6.07, 6.45) is 0. The number of carbonyl (C=O) groups excluding carboxylic acids is 1. The number of benzene rings is 2. The van der Waals surface area contributed by atoms with Gasteiger partial charge in [0.1, 0.15) is 5.75 Å². The minimum Gasteiger partial charge on any atom is -0.507 e. The lowest BCUT2D eigenvalue weighted by atomic mass is 10.1. The number of amides is 1. The number of nitrogens with one attached hydrogen (secondary N) is 1. The molecule has 110 valence electrons. The number of hydrogen-bond donors (Lipinski definition) is 2. The summed E-state index contributed by atoms with van der Waals surface area (Å²) in [7, 11) is 0. The molecule has 0 fully saturated rings. The summed E-state index contributed by atoms with van der Waals surface area (Å²) in [5.74, 6) is 0.404. The Kier molecular flexibility index (Phi) is 4.91. The molecule has 0 saturated carbocycles. The van der Waals surface area contributed by atoms with E-state index in [1.54, 1.807) is 18.2 Å². The number of carbonyl (C=O) groups is 1. The van der Waals surface area contributed by atoms with Crippen molar-refractivity contribution in [2.45, 2.75) is 25.7 Å². The second kappa shape index (κ2) is 6.68. The van der Waals surface area contributed by atoms with Crippen LogP contribution in [0.2, 0.25) is 0 Å². The molecule has 4 heteroatoms. The first-order valence-electron chi connectivity index (χ1n) is 6.76. The van der Waals surface area contributed by atoms with Crippen LogP contribution in [0, 0.1) is 20.8 Å². The topological polar surface area (TPSA) is 49.3 Å². The van der Waals surface area contributed by atoms with Crippen molar-refractivity contribution in [2.24, 2.45) is 0 Å². The average molecular weight is 301 g/mol. The second-order valence-corrected chi connectivity index (χ2v) is 6.10. The Bertz CT molecular complexity index is 645. The predicted molar refractivity (Wildman–Crippen MR) is 88.1 cm³/mol. The molecule has 1 amide bonds. The zero-order valence-electron chi connectivity index (χ0n) is 12.4. The molecule has 2 aromatic rings. The van der Waals surface area contributed by atoms with E-state index in [1.165, 1.54) is 17.3 Å². The molecule has 2 aromatic carbocycles. The molecule has 0 radical (unpaired) electrons. The summed E-state index contributed by atoms with van der Waals surface area (Å²) in [4.78, 5) is 12.8. The maximum atomic E-state index is 12.1. The van der Waals surface area contributed by atoms with Gasteiger partial charge in [-0.1, -0.05) is 29.8 Å². The summed E-state index contributed by atoms with van der Waals surface area (Å²) < 4.78 is 0. The first kappa shape index (κ1) is 15.4. The van der Waals surface area contributed by atoms with E-state index in [9.17, 15) is 9.90 Å². The molecule has 0 unspecified atom stereocenters. The fraction of sp³-hybridized carbons (Fsp3) is 0.235. The summed E-state index contributed by atoms with van der Waals surface area (Å²) in [5, 5.41) is 12.6. The summed E-state index contributed by atoms with van der Waals surface area (Å²) >= 11 is 1.33. The Labute approximate surface area is 129 Å². The van der Waals surface area contributed by atoms with Gasteiger partial charge < -0.3 is 10.4 Å². The minimum atomic E-state index is -0.0710. The van der Waals surface area contributed by atoms with Crippen LogP contribution < -0.4 is 5.32 Å². The lowest BCUT2D eigenvalue weighted by Crippen LogP contribution is -2.15. The first-order valence-corrected chi connectivity index (χ1v) is 7.74.